The quantitative estimate of drug-likeness (QED) is 0.644. The van der Waals surface area contributed by atoms with Crippen molar-refractivity contribution in [3.63, 3.8) is 0 Å². The van der Waals surface area contributed by atoms with Gasteiger partial charge in [-0.05, 0) is 29.8 Å². The first-order valence-corrected chi connectivity index (χ1v) is 9.44. The molecule has 7 heteroatoms. The molecule has 4 rings (SSSR count). The molecule has 2 unspecified atom stereocenters. The molecule has 0 saturated carbocycles. The highest BCUT2D eigenvalue weighted by atomic mass is 35.5. The van der Waals surface area contributed by atoms with Crippen molar-refractivity contribution in [1.82, 2.24) is 15.2 Å². The summed E-state index contributed by atoms with van der Waals surface area (Å²) in [4.78, 5) is 17.6. The number of pyridine rings is 1. The molecule has 1 amide bonds. The number of aromatic nitrogens is 1. The van der Waals surface area contributed by atoms with Crippen LogP contribution in [0.5, 0.6) is 5.88 Å². The topological polar surface area (TPSA) is 67.6 Å². The molecule has 0 radical (unpaired) electrons. The van der Waals surface area contributed by atoms with Crippen molar-refractivity contribution in [3.05, 3.63) is 71.8 Å². The van der Waals surface area contributed by atoms with Gasteiger partial charge in [0, 0.05) is 35.9 Å². The van der Waals surface area contributed by atoms with Gasteiger partial charge in [-0.25, -0.2) is 4.98 Å². The zero-order chi connectivity index (χ0) is 19.3. The lowest BCUT2D eigenvalue weighted by atomic mass is 10.0. The summed E-state index contributed by atoms with van der Waals surface area (Å²) in [6.45, 7) is 1.46. The number of furan rings is 1. The molecule has 3 heterocycles. The van der Waals surface area contributed by atoms with Gasteiger partial charge in [-0.15, -0.1) is 0 Å². The van der Waals surface area contributed by atoms with Crippen LogP contribution in [-0.2, 0) is 4.79 Å². The van der Waals surface area contributed by atoms with Crippen molar-refractivity contribution in [2.45, 2.75) is 12.1 Å². The number of amides is 1. The fourth-order valence-electron chi connectivity index (χ4n) is 3.35. The third-order valence-corrected chi connectivity index (χ3v) is 5.08. The molecule has 144 valence electrons. The smallest absolute Gasteiger partial charge is 0.213 e. The zero-order valence-electron chi connectivity index (χ0n) is 15.1. The Bertz CT molecular complexity index is 914. The van der Waals surface area contributed by atoms with Crippen molar-refractivity contribution in [1.29, 1.82) is 0 Å². The van der Waals surface area contributed by atoms with Crippen LogP contribution in [0.15, 0.2) is 65.4 Å². The molecule has 1 fully saturated rings. The van der Waals surface area contributed by atoms with Crippen molar-refractivity contribution in [2.75, 3.05) is 19.7 Å². The standard InChI is InChI=1S/C21H20ClN3O3/c22-16-6-4-15(5-7-16)18-8-10-27-21(18)19-12-25(14-26)17(11-24-19)13-28-20-3-1-2-9-23-20/h1-10,14,17,19,24H,11-13H2. The largest absolute Gasteiger partial charge is 0.475 e. The molecule has 0 bridgehead atoms. The average Bonchev–Trinajstić information content (AvgIpc) is 3.23. The molecule has 1 N–H and O–H groups in total. The first-order valence-electron chi connectivity index (χ1n) is 9.06. The third-order valence-electron chi connectivity index (χ3n) is 4.83. The van der Waals surface area contributed by atoms with Crippen LogP contribution in [0, 0.1) is 0 Å². The van der Waals surface area contributed by atoms with Crippen molar-refractivity contribution >= 4 is 18.0 Å². The maximum Gasteiger partial charge on any atom is 0.213 e. The minimum Gasteiger partial charge on any atom is -0.475 e. The van der Waals surface area contributed by atoms with Gasteiger partial charge in [0.1, 0.15) is 12.4 Å². The van der Waals surface area contributed by atoms with Crippen molar-refractivity contribution < 1.29 is 13.9 Å². The fourth-order valence-corrected chi connectivity index (χ4v) is 3.48. The molecule has 0 aliphatic carbocycles. The maximum absolute atomic E-state index is 11.7. The van der Waals surface area contributed by atoms with E-state index in [0.29, 0.717) is 30.6 Å². The molecule has 1 aromatic carbocycles. The van der Waals surface area contributed by atoms with E-state index >= 15 is 0 Å². The lowest BCUT2D eigenvalue weighted by molar-refractivity contribution is -0.122. The maximum atomic E-state index is 11.7. The van der Waals surface area contributed by atoms with Crippen LogP contribution in [0.2, 0.25) is 5.02 Å². The minimum absolute atomic E-state index is 0.0790. The first-order chi connectivity index (χ1) is 13.7. The van der Waals surface area contributed by atoms with Crippen LogP contribution >= 0.6 is 11.6 Å². The summed E-state index contributed by atoms with van der Waals surface area (Å²) in [5.41, 5.74) is 2.01. The number of benzene rings is 1. The van der Waals surface area contributed by atoms with Gasteiger partial charge in [-0.2, -0.15) is 0 Å². The van der Waals surface area contributed by atoms with Gasteiger partial charge in [0.05, 0.1) is 18.3 Å². The lowest BCUT2D eigenvalue weighted by Gasteiger charge is -2.37. The molecule has 6 nitrogen and oxygen atoms in total. The number of rotatable bonds is 6. The SMILES string of the molecule is O=CN1CC(c2occc2-c2ccc(Cl)cc2)NCC1COc1ccccn1. The molecular weight excluding hydrogens is 378 g/mol. The molecule has 1 aliphatic heterocycles. The summed E-state index contributed by atoms with van der Waals surface area (Å²) in [6, 6.07) is 14.9. The second-order valence-electron chi connectivity index (χ2n) is 6.60. The molecular formula is C21H20ClN3O3. The van der Waals surface area contributed by atoms with E-state index in [2.05, 4.69) is 10.3 Å². The zero-order valence-corrected chi connectivity index (χ0v) is 15.9. The predicted octanol–water partition coefficient (Wildman–Crippen LogP) is 3.55. The Hall–Kier alpha value is -2.83. The molecule has 1 saturated heterocycles. The Morgan fingerprint density at radius 2 is 2.11 bits per heavy atom. The molecule has 3 aromatic rings. The van der Waals surface area contributed by atoms with Crippen LogP contribution in [0.4, 0.5) is 0 Å². The number of ether oxygens (including phenoxy) is 1. The van der Waals surface area contributed by atoms with Gasteiger partial charge >= 0.3 is 0 Å². The number of carbonyl (C=O) groups excluding carboxylic acids is 1. The number of piperazine rings is 1. The van der Waals surface area contributed by atoms with E-state index in [1.165, 1.54) is 0 Å². The summed E-state index contributed by atoms with van der Waals surface area (Å²) >= 11 is 5.99. The van der Waals surface area contributed by atoms with E-state index in [4.69, 9.17) is 20.8 Å². The fraction of sp³-hybridized carbons (Fsp3) is 0.238. The van der Waals surface area contributed by atoms with Crippen LogP contribution in [-0.4, -0.2) is 42.0 Å². The van der Waals surface area contributed by atoms with Gasteiger partial charge in [0.2, 0.25) is 12.3 Å². The van der Waals surface area contributed by atoms with Crippen LogP contribution in [0.3, 0.4) is 0 Å². The Kier molecular flexibility index (Phi) is 5.60. The molecule has 2 aromatic heterocycles. The van der Waals surface area contributed by atoms with Gasteiger partial charge in [-0.1, -0.05) is 29.8 Å². The second kappa shape index (κ2) is 8.46. The lowest BCUT2D eigenvalue weighted by Crippen LogP contribution is -2.54. The van der Waals surface area contributed by atoms with E-state index in [1.807, 2.05) is 42.5 Å². The highest BCUT2D eigenvalue weighted by Crippen LogP contribution is 2.32. The second-order valence-corrected chi connectivity index (χ2v) is 7.04. The minimum atomic E-state index is -0.100. The van der Waals surface area contributed by atoms with Gasteiger partial charge < -0.3 is 19.4 Å². The normalized spacial score (nSPS) is 19.4. The Morgan fingerprint density at radius 1 is 1.25 bits per heavy atom. The van der Waals surface area contributed by atoms with E-state index in [-0.39, 0.29) is 12.1 Å². The summed E-state index contributed by atoms with van der Waals surface area (Å²) in [6.07, 6.45) is 4.21. The average molecular weight is 398 g/mol. The van der Waals surface area contributed by atoms with Crippen molar-refractivity contribution in [3.8, 4) is 17.0 Å². The Morgan fingerprint density at radius 3 is 2.86 bits per heavy atom. The van der Waals surface area contributed by atoms with Gasteiger partial charge in [0.25, 0.3) is 0 Å². The van der Waals surface area contributed by atoms with Crippen LogP contribution in [0.1, 0.15) is 11.8 Å². The monoisotopic (exact) mass is 397 g/mol. The van der Waals surface area contributed by atoms with E-state index < -0.39 is 0 Å². The van der Waals surface area contributed by atoms with E-state index in [9.17, 15) is 4.79 Å². The van der Waals surface area contributed by atoms with Crippen LogP contribution < -0.4 is 10.1 Å². The predicted molar refractivity (Wildman–Crippen MR) is 106 cm³/mol. The number of halogens is 1. The number of carbonyl (C=O) groups is 1. The number of hydrogen-bond acceptors (Lipinski definition) is 5. The molecule has 1 aliphatic rings. The van der Waals surface area contributed by atoms with E-state index in [0.717, 1.165) is 23.3 Å². The Balaban J connectivity index is 1.45. The summed E-state index contributed by atoms with van der Waals surface area (Å²) in [5.74, 6) is 1.35. The van der Waals surface area contributed by atoms with Gasteiger partial charge in [0.15, 0.2) is 0 Å². The Labute approximate surface area is 168 Å². The first kappa shape index (κ1) is 18.5. The highest BCUT2D eigenvalue weighted by Gasteiger charge is 2.31. The molecule has 0 spiro atoms. The number of nitrogens with zero attached hydrogens (tertiary/aromatic N) is 2. The summed E-state index contributed by atoms with van der Waals surface area (Å²) < 4.78 is 11.5. The van der Waals surface area contributed by atoms with Crippen molar-refractivity contribution in [2.24, 2.45) is 0 Å². The number of nitrogens with one attached hydrogen (secondary N) is 1. The van der Waals surface area contributed by atoms with E-state index in [1.54, 1.807) is 23.4 Å². The highest BCUT2D eigenvalue weighted by molar-refractivity contribution is 6.30. The summed E-state index contributed by atoms with van der Waals surface area (Å²) in [5, 5.41) is 4.16. The van der Waals surface area contributed by atoms with Crippen LogP contribution in [0.25, 0.3) is 11.1 Å². The van der Waals surface area contributed by atoms with Gasteiger partial charge in [-0.3, -0.25) is 4.79 Å². The molecule has 28 heavy (non-hydrogen) atoms. The third kappa shape index (κ3) is 4.03. The summed E-state index contributed by atoms with van der Waals surface area (Å²) in [7, 11) is 0. The number of hydrogen-bond donors (Lipinski definition) is 1. The molecule has 2 atom stereocenters.